The number of hydrogen-bond donors (Lipinski definition) is 1. The van der Waals surface area contributed by atoms with Crippen molar-refractivity contribution in [2.75, 3.05) is 5.32 Å². The summed E-state index contributed by atoms with van der Waals surface area (Å²) < 4.78 is 15.5. The molecule has 0 spiro atoms. The molecule has 3 rings (SSSR count). The number of halogens is 2. The molecule has 2 aromatic heterocycles. The van der Waals surface area contributed by atoms with Crippen LogP contribution < -0.4 is 16.6 Å². The predicted octanol–water partition coefficient (Wildman–Crippen LogP) is 2.17. The minimum atomic E-state index is -0.532. The SMILES string of the molecule is Cn1c(=O)c2c(Nc3ccc(F)c(Cl)c3)ccnc2n(C)c1=O. The van der Waals surface area contributed by atoms with Gasteiger partial charge in [0.15, 0.2) is 5.65 Å². The molecule has 0 amide bonds. The highest BCUT2D eigenvalue weighted by molar-refractivity contribution is 6.31. The Hall–Kier alpha value is -2.67. The van der Waals surface area contributed by atoms with Gasteiger partial charge >= 0.3 is 5.69 Å². The number of pyridine rings is 1. The van der Waals surface area contributed by atoms with Gasteiger partial charge in [-0.3, -0.25) is 13.9 Å². The van der Waals surface area contributed by atoms with Crippen LogP contribution in [-0.2, 0) is 14.1 Å². The molecule has 118 valence electrons. The molecule has 0 aliphatic carbocycles. The molecule has 0 unspecified atom stereocenters. The van der Waals surface area contributed by atoms with Gasteiger partial charge < -0.3 is 5.32 Å². The number of hydrogen-bond acceptors (Lipinski definition) is 4. The number of rotatable bonds is 2. The molecule has 0 atom stereocenters. The first-order valence-corrected chi connectivity index (χ1v) is 7.04. The van der Waals surface area contributed by atoms with Gasteiger partial charge in [-0.15, -0.1) is 0 Å². The zero-order valence-electron chi connectivity index (χ0n) is 12.3. The first-order valence-electron chi connectivity index (χ1n) is 6.67. The van der Waals surface area contributed by atoms with E-state index in [4.69, 9.17) is 11.6 Å². The molecule has 0 saturated carbocycles. The summed E-state index contributed by atoms with van der Waals surface area (Å²) in [5.74, 6) is -0.532. The number of nitrogens with zero attached hydrogens (tertiary/aromatic N) is 3. The summed E-state index contributed by atoms with van der Waals surface area (Å²) in [6.45, 7) is 0. The maximum atomic E-state index is 13.2. The van der Waals surface area contributed by atoms with E-state index in [-0.39, 0.29) is 16.1 Å². The number of anilines is 2. The predicted molar refractivity (Wildman–Crippen MR) is 86.9 cm³/mol. The van der Waals surface area contributed by atoms with Crippen LogP contribution >= 0.6 is 11.6 Å². The second-order valence-corrected chi connectivity index (χ2v) is 5.42. The van der Waals surface area contributed by atoms with E-state index in [1.165, 1.54) is 43.1 Å². The number of nitrogens with one attached hydrogen (secondary N) is 1. The summed E-state index contributed by atoms with van der Waals surface area (Å²) in [4.78, 5) is 28.5. The fourth-order valence-corrected chi connectivity index (χ4v) is 2.50. The third-order valence-electron chi connectivity index (χ3n) is 3.54. The molecule has 1 aromatic carbocycles. The minimum Gasteiger partial charge on any atom is -0.355 e. The lowest BCUT2D eigenvalue weighted by Crippen LogP contribution is -2.37. The molecule has 1 N–H and O–H groups in total. The lowest BCUT2D eigenvalue weighted by Gasteiger charge is -2.12. The molecule has 3 aromatic rings. The summed E-state index contributed by atoms with van der Waals surface area (Å²) in [5.41, 5.74) is 0.300. The molecule has 0 fully saturated rings. The van der Waals surface area contributed by atoms with Gasteiger partial charge in [0.05, 0.1) is 10.7 Å². The molecular formula is C15H12ClFN4O2. The summed E-state index contributed by atoms with van der Waals surface area (Å²) >= 11 is 5.76. The molecular weight excluding hydrogens is 323 g/mol. The van der Waals surface area contributed by atoms with Crippen molar-refractivity contribution in [3.8, 4) is 0 Å². The number of aryl methyl sites for hydroxylation is 1. The van der Waals surface area contributed by atoms with Crippen LogP contribution in [0.1, 0.15) is 0 Å². The Morgan fingerprint density at radius 1 is 1.17 bits per heavy atom. The van der Waals surface area contributed by atoms with E-state index < -0.39 is 17.1 Å². The van der Waals surface area contributed by atoms with Gasteiger partial charge in [-0.05, 0) is 24.3 Å². The summed E-state index contributed by atoms with van der Waals surface area (Å²) in [5, 5.41) is 3.24. The topological polar surface area (TPSA) is 68.9 Å². The molecule has 0 aliphatic rings. The third kappa shape index (κ3) is 2.49. The zero-order valence-corrected chi connectivity index (χ0v) is 13.1. The van der Waals surface area contributed by atoms with E-state index in [1.807, 2.05) is 0 Å². The normalized spacial score (nSPS) is 11.0. The van der Waals surface area contributed by atoms with Crippen LogP contribution in [0.4, 0.5) is 15.8 Å². The Balaban J connectivity index is 2.24. The van der Waals surface area contributed by atoms with Gasteiger partial charge in [0, 0.05) is 26.0 Å². The Morgan fingerprint density at radius 2 is 1.91 bits per heavy atom. The Morgan fingerprint density at radius 3 is 2.61 bits per heavy atom. The van der Waals surface area contributed by atoms with E-state index in [0.717, 1.165) is 4.57 Å². The van der Waals surface area contributed by atoms with Gasteiger partial charge in [-0.2, -0.15) is 0 Å². The summed E-state index contributed by atoms with van der Waals surface area (Å²) in [6.07, 6.45) is 1.48. The van der Waals surface area contributed by atoms with Crippen LogP contribution in [0, 0.1) is 5.82 Å². The van der Waals surface area contributed by atoms with Crippen molar-refractivity contribution in [3.05, 3.63) is 62.1 Å². The second-order valence-electron chi connectivity index (χ2n) is 5.02. The zero-order chi connectivity index (χ0) is 16.7. The van der Waals surface area contributed by atoms with E-state index in [9.17, 15) is 14.0 Å². The maximum Gasteiger partial charge on any atom is 0.332 e. The molecule has 23 heavy (non-hydrogen) atoms. The molecule has 0 radical (unpaired) electrons. The van der Waals surface area contributed by atoms with Gasteiger partial charge in [-0.25, -0.2) is 14.2 Å². The highest BCUT2D eigenvalue weighted by atomic mass is 35.5. The van der Waals surface area contributed by atoms with Crippen molar-refractivity contribution >= 4 is 34.0 Å². The molecule has 0 saturated heterocycles. The Bertz CT molecular complexity index is 1040. The highest BCUT2D eigenvalue weighted by Gasteiger charge is 2.13. The van der Waals surface area contributed by atoms with Crippen LogP contribution in [0.15, 0.2) is 40.1 Å². The van der Waals surface area contributed by atoms with Crippen molar-refractivity contribution in [2.24, 2.45) is 14.1 Å². The Labute approximate surface area is 134 Å². The van der Waals surface area contributed by atoms with E-state index in [1.54, 1.807) is 6.07 Å². The van der Waals surface area contributed by atoms with Gasteiger partial charge in [0.25, 0.3) is 5.56 Å². The lowest BCUT2D eigenvalue weighted by atomic mass is 10.2. The minimum absolute atomic E-state index is 0.0336. The quantitative estimate of drug-likeness (QED) is 0.780. The molecule has 8 heteroatoms. The van der Waals surface area contributed by atoms with Gasteiger partial charge in [0.1, 0.15) is 11.2 Å². The van der Waals surface area contributed by atoms with E-state index >= 15 is 0 Å². The fourth-order valence-electron chi connectivity index (χ4n) is 2.32. The standard InChI is InChI=1S/C15H12ClFN4O2/c1-20-13-12(14(22)21(2)15(20)23)11(5-6-18-13)19-8-3-4-10(17)9(16)7-8/h3-7H,1-2H3,(H,18,19). The lowest BCUT2D eigenvalue weighted by molar-refractivity contribution is 0.628. The largest absolute Gasteiger partial charge is 0.355 e. The number of benzene rings is 1. The van der Waals surface area contributed by atoms with Crippen molar-refractivity contribution in [1.29, 1.82) is 0 Å². The average molecular weight is 335 g/mol. The average Bonchev–Trinajstić information content (AvgIpc) is 2.54. The van der Waals surface area contributed by atoms with Crippen LogP contribution in [0.5, 0.6) is 0 Å². The first-order chi connectivity index (χ1) is 10.9. The van der Waals surface area contributed by atoms with Crippen molar-refractivity contribution in [2.45, 2.75) is 0 Å². The van der Waals surface area contributed by atoms with Crippen LogP contribution in [0.2, 0.25) is 5.02 Å². The molecule has 2 heterocycles. The third-order valence-corrected chi connectivity index (χ3v) is 3.83. The molecule has 6 nitrogen and oxygen atoms in total. The number of aromatic nitrogens is 3. The van der Waals surface area contributed by atoms with Crippen molar-refractivity contribution < 1.29 is 4.39 Å². The number of fused-ring (bicyclic) bond motifs is 1. The summed E-state index contributed by atoms with van der Waals surface area (Å²) in [7, 11) is 2.94. The van der Waals surface area contributed by atoms with Crippen molar-refractivity contribution in [3.63, 3.8) is 0 Å². The second kappa shape index (κ2) is 5.51. The van der Waals surface area contributed by atoms with Crippen LogP contribution in [0.3, 0.4) is 0 Å². The summed E-state index contributed by atoms with van der Waals surface area (Å²) in [6, 6.07) is 5.74. The van der Waals surface area contributed by atoms with Crippen LogP contribution in [0.25, 0.3) is 11.0 Å². The smallest absolute Gasteiger partial charge is 0.332 e. The molecule has 0 aliphatic heterocycles. The van der Waals surface area contributed by atoms with Crippen molar-refractivity contribution in [1.82, 2.24) is 14.1 Å². The van der Waals surface area contributed by atoms with Crippen LogP contribution in [-0.4, -0.2) is 14.1 Å². The first kappa shape index (κ1) is 15.2. The maximum absolute atomic E-state index is 13.2. The monoisotopic (exact) mass is 334 g/mol. The Kier molecular flexibility index (Phi) is 3.65. The van der Waals surface area contributed by atoms with E-state index in [0.29, 0.717) is 11.4 Å². The van der Waals surface area contributed by atoms with Gasteiger partial charge in [0.2, 0.25) is 0 Å². The van der Waals surface area contributed by atoms with E-state index in [2.05, 4.69) is 10.3 Å². The highest BCUT2D eigenvalue weighted by Crippen LogP contribution is 2.25. The fraction of sp³-hybridized carbons (Fsp3) is 0.133. The molecule has 0 bridgehead atoms. The van der Waals surface area contributed by atoms with Gasteiger partial charge in [-0.1, -0.05) is 11.6 Å².